The number of rotatable bonds is 1. The number of amides is 1. The van der Waals surface area contributed by atoms with Crippen LogP contribution in [0, 0.1) is 0 Å². The first-order valence-electron chi connectivity index (χ1n) is 6.73. The zero-order valence-electron chi connectivity index (χ0n) is 11.3. The van der Waals surface area contributed by atoms with Crippen molar-refractivity contribution < 1.29 is 14.7 Å². The number of carbonyl (C=O) groups excluding carboxylic acids is 1. The van der Waals surface area contributed by atoms with Crippen molar-refractivity contribution in [3.05, 3.63) is 59.7 Å². The van der Waals surface area contributed by atoms with Crippen LogP contribution in [0.5, 0.6) is 0 Å². The summed E-state index contributed by atoms with van der Waals surface area (Å²) in [6.07, 6.45) is 0. The van der Waals surface area contributed by atoms with Gasteiger partial charge < -0.3 is 15.7 Å². The fraction of sp³-hybridized carbons (Fsp3) is 0.0625. The highest BCUT2D eigenvalue weighted by atomic mass is 16.4. The molecule has 0 fully saturated rings. The second-order valence-electron chi connectivity index (χ2n) is 5.15. The van der Waals surface area contributed by atoms with E-state index in [1.165, 1.54) is 0 Å². The van der Waals surface area contributed by atoms with E-state index in [0.29, 0.717) is 22.5 Å². The quantitative estimate of drug-likeness (QED) is 0.747. The fourth-order valence-electron chi connectivity index (χ4n) is 2.89. The van der Waals surface area contributed by atoms with Crippen molar-refractivity contribution in [2.75, 3.05) is 10.6 Å². The molecule has 4 rings (SSSR count). The molecule has 1 atom stereocenters. The number of carboxylic acid groups (broad SMARTS) is 1. The average Bonchev–Trinajstić information content (AvgIpc) is 2.79. The largest absolute Gasteiger partial charge is 0.477 e. The number of aliphatic imine (C=N–C) groups is 1. The molecule has 6 nitrogen and oxygen atoms in total. The standard InChI is InChI=1S/C16H11N3O3/c20-14(21)13-9-5-1-3-7-11(9)18-16(19-13)10-6-2-4-8-12(10)17-15(16)22/h1-8,18H,(H,17,22)(H,20,21). The van der Waals surface area contributed by atoms with Crippen LogP contribution in [0.4, 0.5) is 11.4 Å². The topological polar surface area (TPSA) is 90.8 Å². The Morgan fingerprint density at radius 3 is 2.50 bits per heavy atom. The van der Waals surface area contributed by atoms with Gasteiger partial charge in [-0.15, -0.1) is 0 Å². The Morgan fingerprint density at radius 2 is 1.73 bits per heavy atom. The molecule has 2 aromatic rings. The van der Waals surface area contributed by atoms with E-state index in [1.807, 2.05) is 0 Å². The van der Waals surface area contributed by atoms with Crippen LogP contribution in [0.1, 0.15) is 11.1 Å². The zero-order chi connectivity index (χ0) is 15.3. The molecule has 108 valence electrons. The van der Waals surface area contributed by atoms with Gasteiger partial charge in [-0.3, -0.25) is 4.79 Å². The minimum atomic E-state index is -1.43. The minimum absolute atomic E-state index is 0.124. The SMILES string of the molecule is O=C(O)C1=NC2(Nc3ccccc31)C(=O)Nc1ccccc12. The Morgan fingerprint density at radius 1 is 1.05 bits per heavy atom. The van der Waals surface area contributed by atoms with Crippen molar-refractivity contribution in [2.24, 2.45) is 4.99 Å². The summed E-state index contributed by atoms with van der Waals surface area (Å²) in [4.78, 5) is 28.4. The lowest BCUT2D eigenvalue weighted by atomic mass is 9.95. The molecule has 1 amide bonds. The van der Waals surface area contributed by atoms with Crippen molar-refractivity contribution in [3.8, 4) is 0 Å². The highest BCUT2D eigenvalue weighted by Crippen LogP contribution is 2.42. The van der Waals surface area contributed by atoms with E-state index in [0.717, 1.165) is 0 Å². The van der Waals surface area contributed by atoms with Crippen molar-refractivity contribution in [1.82, 2.24) is 0 Å². The molecular formula is C16H11N3O3. The van der Waals surface area contributed by atoms with Gasteiger partial charge in [-0.1, -0.05) is 36.4 Å². The smallest absolute Gasteiger partial charge is 0.354 e. The van der Waals surface area contributed by atoms with Gasteiger partial charge in [-0.05, 0) is 12.1 Å². The lowest BCUT2D eigenvalue weighted by molar-refractivity contribution is -0.129. The summed E-state index contributed by atoms with van der Waals surface area (Å²) in [6.45, 7) is 0. The van der Waals surface area contributed by atoms with Gasteiger partial charge in [-0.2, -0.15) is 0 Å². The van der Waals surface area contributed by atoms with Crippen LogP contribution in [-0.2, 0) is 15.3 Å². The predicted molar refractivity (Wildman–Crippen MR) is 81.0 cm³/mol. The summed E-state index contributed by atoms with van der Waals surface area (Å²) in [5.74, 6) is -1.55. The zero-order valence-corrected chi connectivity index (χ0v) is 11.3. The molecule has 1 unspecified atom stereocenters. The van der Waals surface area contributed by atoms with Crippen molar-refractivity contribution in [1.29, 1.82) is 0 Å². The van der Waals surface area contributed by atoms with E-state index in [2.05, 4.69) is 15.6 Å². The molecule has 0 saturated carbocycles. The Labute approximate surface area is 125 Å². The summed E-state index contributed by atoms with van der Waals surface area (Å²) < 4.78 is 0. The molecule has 2 aliphatic heterocycles. The van der Waals surface area contributed by atoms with Gasteiger partial charge in [0, 0.05) is 22.5 Å². The third-order valence-electron chi connectivity index (χ3n) is 3.87. The van der Waals surface area contributed by atoms with Crippen LogP contribution in [0.2, 0.25) is 0 Å². The van der Waals surface area contributed by atoms with Crippen LogP contribution in [0.15, 0.2) is 53.5 Å². The number of carbonyl (C=O) groups is 2. The van der Waals surface area contributed by atoms with Gasteiger partial charge in [0.15, 0.2) is 5.71 Å². The summed E-state index contributed by atoms with van der Waals surface area (Å²) >= 11 is 0. The number of para-hydroxylation sites is 2. The third-order valence-corrected chi connectivity index (χ3v) is 3.87. The van der Waals surface area contributed by atoms with Crippen molar-refractivity contribution in [3.63, 3.8) is 0 Å². The molecule has 2 heterocycles. The monoisotopic (exact) mass is 293 g/mol. The second-order valence-corrected chi connectivity index (χ2v) is 5.15. The molecule has 0 bridgehead atoms. The lowest BCUT2D eigenvalue weighted by Crippen LogP contribution is -2.45. The first kappa shape index (κ1) is 12.6. The Kier molecular flexibility index (Phi) is 2.39. The molecule has 22 heavy (non-hydrogen) atoms. The van der Waals surface area contributed by atoms with Gasteiger partial charge in [0.2, 0.25) is 5.66 Å². The number of nitrogens with one attached hydrogen (secondary N) is 2. The van der Waals surface area contributed by atoms with Gasteiger partial charge in [0.05, 0.1) is 0 Å². The summed E-state index contributed by atoms with van der Waals surface area (Å²) in [6, 6.07) is 14.0. The molecule has 3 N–H and O–H groups in total. The molecular weight excluding hydrogens is 282 g/mol. The van der Waals surface area contributed by atoms with E-state index in [1.54, 1.807) is 48.5 Å². The van der Waals surface area contributed by atoms with Crippen molar-refractivity contribution >= 4 is 29.0 Å². The number of fused-ring (bicyclic) bond motifs is 3. The highest BCUT2D eigenvalue weighted by Gasteiger charge is 2.50. The van der Waals surface area contributed by atoms with E-state index in [4.69, 9.17) is 0 Å². The number of hydrogen-bond acceptors (Lipinski definition) is 4. The Hall–Kier alpha value is -3.15. The van der Waals surface area contributed by atoms with Crippen LogP contribution < -0.4 is 10.6 Å². The van der Waals surface area contributed by atoms with Crippen molar-refractivity contribution in [2.45, 2.75) is 5.66 Å². The molecule has 1 spiro atoms. The second kappa shape index (κ2) is 4.17. The maximum atomic E-state index is 12.5. The van der Waals surface area contributed by atoms with E-state index in [-0.39, 0.29) is 11.6 Å². The molecule has 2 aromatic carbocycles. The lowest BCUT2D eigenvalue weighted by Gasteiger charge is -2.31. The summed E-state index contributed by atoms with van der Waals surface area (Å²) in [7, 11) is 0. The van der Waals surface area contributed by atoms with Gasteiger partial charge in [0.25, 0.3) is 5.91 Å². The Balaban J connectivity index is 2.00. The third kappa shape index (κ3) is 1.52. The molecule has 0 saturated heterocycles. The molecule has 0 radical (unpaired) electrons. The van der Waals surface area contributed by atoms with E-state index >= 15 is 0 Å². The van der Waals surface area contributed by atoms with Crippen LogP contribution in [0.25, 0.3) is 0 Å². The minimum Gasteiger partial charge on any atom is -0.477 e. The van der Waals surface area contributed by atoms with E-state index in [9.17, 15) is 14.7 Å². The van der Waals surface area contributed by atoms with Gasteiger partial charge in [0.1, 0.15) is 0 Å². The molecule has 0 aromatic heterocycles. The highest BCUT2D eigenvalue weighted by molar-refractivity contribution is 6.44. The summed E-state index contributed by atoms with van der Waals surface area (Å²) in [5, 5.41) is 15.3. The fourth-order valence-corrected chi connectivity index (χ4v) is 2.89. The predicted octanol–water partition coefficient (Wildman–Crippen LogP) is 1.79. The molecule has 0 aliphatic carbocycles. The first-order valence-corrected chi connectivity index (χ1v) is 6.73. The number of anilines is 2. The maximum absolute atomic E-state index is 12.5. The number of benzene rings is 2. The Bertz CT molecular complexity index is 859. The average molecular weight is 293 g/mol. The van der Waals surface area contributed by atoms with Gasteiger partial charge >= 0.3 is 5.97 Å². The normalized spacial score (nSPS) is 21.5. The number of hydrogen-bond donors (Lipinski definition) is 3. The first-order chi connectivity index (χ1) is 10.6. The molecule has 6 heteroatoms. The van der Waals surface area contributed by atoms with E-state index < -0.39 is 11.6 Å². The maximum Gasteiger partial charge on any atom is 0.354 e. The van der Waals surface area contributed by atoms with Crippen LogP contribution in [0.3, 0.4) is 0 Å². The number of aliphatic carboxylic acids is 1. The molecule has 2 aliphatic rings. The number of nitrogens with zero attached hydrogens (tertiary/aromatic N) is 1. The summed E-state index contributed by atoms with van der Waals surface area (Å²) in [5.41, 5.74) is 0.737. The van der Waals surface area contributed by atoms with Gasteiger partial charge in [-0.25, -0.2) is 9.79 Å². The van der Waals surface area contributed by atoms with Crippen LogP contribution in [-0.4, -0.2) is 22.7 Å². The number of carboxylic acids is 1. The van der Waals surface area contributed by atoms with Crippen LogP contribution >= 0.6 is 0 Å².